The van der Waals surface area contributed by atoms with Gasteiger partial charge in [0.1, 0.15) is 24.7 Å². The van der Waals surface area contributed by atoms with Crippen LogP contribution in [0, 0.1) is 11.3 Å². The number of para-hydroxylation sites is 1. The lowest BCUT2D eigenvalue weighted by Crippen LogP contribution is -2.09. The zero-order chi connectivity index (χ0) is 13.5. The molecular weight excluding hydrogens is 240 g/mol. The molecule has 0 aliphatic rings. The quantitative estimate of drug-likeness (QED) is 0.657. The maximum absolute atomic E-state index is 8.73. The third kappa shape index (κ3) is 3.65. The Balaban J connectivity index is 1.82. The second kappa shape index (κ2) is 6.31. The van der Waals surface area contributed by atoms with E-state index in [1.54, 1.807) is 18.2 Å². The third-order valence-corrected chi connectivity index (χ3v) is 2.49. The van der Waals surface area contributed by atoms with Crippen LogP contribution < -0.4 is 15.2 Å². The summed E-state index contributed by atoms with van der Waals surface area (Å²) < 4.78 is 11.0. The van der Waals surface area contributed by atoms with E-state index in [-0.39, 0.29) is 0 Å². The molecule has 0 unspecified atom stereocenters. The van der Waals surface area contributed by atoms with Crippen molar-refractivity contribution in [3.8, 4) is 17.6 Å². The van der Waals surface area contributed by atoms with Crippen LogP contribution >= 0.6 is 0 Å². The van der Waals surface area contributed by atoms with Crippen molar-refractivity contribution in [2.75, 3.05) is 18.9 Å². The number of hydrogen-bond acceptors (Lipinski definition) is 4. The van der Waals surface area contributed by atoms with E-state index in [0.717, 1.165) is 5.75 Å². The van der Waals surface area contributed by atoms with Crippen molar-refractivity contribution < 1.29 is 9.47 Å². The molecule has 0 radical (unpaired) electrons. The number of nitrogens with two attached hydrogens (primary N) is 1. The summed E-state index contributed by atoms with van der Waals surface area (Å²) in [6.45, 7) is 0.828. The Morgan fingerprint density at radius 2 is 1.74 bits per heavy atom. The van der Waals surface area contributed by atoms with Crippen molar-refractivity contribution in [1.82, 2.24) is 0 Å². The number of rotatable bonds is 5. The summed E-state index contributed by atoms with van der Waals surface area (Å²) in [4.78, 5) is 0. The van der Waals surface area contributed by atoms with Crippen molar-refractivity contribution in [2.24, 2.45) is 0 Å². The third-order valence-electron chi connectivity index (χ3n) is 2.49. The van der Waals surface area contributed by atoms with E-state index in [0.29, 0.717) is 30.2 Å². The van der Waals surface area contributed by atoms with Crippen LogP contribution in [-0.4, -0.2) is 13.2 Å². The van der Waals surface area contributed by atoms with Gasteiger partial charge in [-0.15, -0.1) is 0 Å². The molecule has 0 atom stereocenters. The Bertz CT molecular complexity index is 576. The van der Waals surface area contributed by atoms with E-state index in [4.69, 9.17) is 20.5 Å². The maximum atomic E-state index is 8.73. The molecule has 4 heteroatoms. The molecule has 2 N–H and O–H groups in total. The van der Waals surface area contributed by atoms with Crippen molar-refractivity contribution in [3.63, 3.8) is 0 Å². The van der Waals surface area contributed by atoms with Gasteiger partial charge in [-0.3, -0.25) is 0 Å². The molecule has 19 heavy (non-hydrogen) atoms. The molecule has 0 bridgehead atoms. The second-order valence-electron chi connectivity index (χ2n) is 3.87. The second-order valence-corrected chi connectivity index (χ2v) is 3.87. The highest BCUT2D eigenvalue weighted by molar-refractivity contribution is 5.56. The number of anilines is 1. The summed E-state index contributed by atoms with van der Waals surface area (Å²) in [5.41, 5.74) is 6.75. The van der Waals surface area contributed by atoms with Gasteiger partial charge in [0.15, 0.2) is 0 Å². The van der Waals surface area contributed by atoms with E-state index in [9.17, 15) is 0 Å². The van der Waals surface area contributed by atoms with Gasteiger partial charge in [0.05, 0.1) is 17.3 Å². The topological polar surface area (TPSA) is 68.3 Å². The van der Waals surface area contributed by atoms with Crippen LogP contribution in [0.15, 0.2) is 48.5 Å². The van der Waals surface area contributed by atoms with Crippen LogP contribution in [0.5, 0.6) is 11.5 Å². The number of ether oxygens (including phenoxy) is 2. The minimum absolute atomic E-state index is 0.394. The molecule has 96 valence electrons. The lowest BCUT2D eigenvalue weighted by atomic mass is 10.2. The Morgan fingerprint density at radius 3 is 2.42 bits per heavy atom. The number of hydrogen-bond donors (Lipinski definition) is 1. The van der Waals surface area contributed by atoms with E-state index in [2.05, 4.69) is 0 Å². The van der Waals surface area contributed by atoms with Gasteiger partial charge in [0, 0.05) is 0 Å². The van der Waals surface area contributed by atoms with E-state index in [1.807, 2.05) is 36.4 Å². The van der Waals surface area contributed by atoms with Crippen LogP contribution in [0.2, 0.25) is 0 Å². The highest BCUT2D eigenvalue weighted by atomic mass is 16.5. The molecule has 0 heterocycles. The minimum Gasteiger partial charge on any atom is -0.490 e. The van der Waals surface area contributed by atoms with Gasteiger partial charge >= 0.3 is 0 Å². The fraction of sp³-hybridized carbons (Fsp3) is 0.133. The molecule has 0 fully saturated rings. The first-order valence-electron chi connectivity index (χ1n) is 5.90. The first kappa shape index (κ1) is 12.8. The highest BCUT2D eigenvalue weighted by Gasteiger charge is 2.01. The Labute approximate surface area is 112 Å². The Hall–Kier alpha value is -2.67. The predicted octanol–water partition coefficient (Wildman–Crippen LogP) is 2.60. The van der Waals surface area contributed by atoms with Crippen molar-refractivity contribution in [1.29, 1.82) is 5.26 Å². The molecule has 0 amide bonds. The zero-order valence-electron chi connectivity index (χ0n) is 10.4. The minimum atomic E-state index is 0.394. The molecule has 2 aromatic carbocycles. The molecule has 0 aliphatic carbocycles. The average molecular weight is 254 g/mol. The van der Waals surface area contributed by atoms with E-state index < -0.39 is 0 Å². The van der Waals surface area contributed by atoms with Gasteiger partial charge in [-0.25, -0.2) is 0 Å². The van der Waals surface area contributed by atoms with Gasteiger partial charge < -0.3 is 15.2 Å². The number of nitrogen functional groups attached to an aromatic ring is 1. The molecule has 2 rings (SSSR count). The van der Waals surface area contributed by atoms with Crippen LogP contribution in [-0.2, 0) is 0 Å². The van der Waals surface area contributed by atoms with Crippen molar-refractivity contribution in [2.45, 2.75) is 0 Å². The average Bonchev–Trinajstić information content (AvgIpc) is 2.46. The fourth-order valence-electron chi connectivity index (χ4n) is 1.58. The standard InChI is InChI=1S/C15H14N2O2/c16-11-12-6-7-15(14(17)10-12)19-9-8-18-13-4-2-1-3-5-13/h1-7,10H,8-9,17H2. The normalized spacial score (nSPS) is 9.63. The molecule has 0 aliphatic heterocycles. The molecule has 2 aromatic rings. The Kier molecular flexibility index (Phi) is 4.25. The zero-order valence-corrected chi connectivity index (χ0v) is 10.4. The number of nitriles is 1. The summed E-state index contributed by atoms with van der Waals surface area (Å²) in [7, 11) is 0. The molecule has 0 saturated carbocycles. The van der Waals surface area contributed by atoms with Gasteiger partial charge in [-0.1, -0.05) is 18.2 Å². The van der Waals surface area contributed by atoms with Crippen molar-refractivity contribution >= 4 is 5.69 Å². The van der Waals surface area contributed by atoms with Crippen LogP contribution in [0.4, 0.5) is 5.69 Å². The van der Waals surface area contributed by atoms with Gasteiger partial charge in [-0.05, 0) is 30.3 Å². The predicted molar refractivity (Wildman–Crippen MR) is 73.0 cm³/mol. The SMILES string of the molecule is N#Cc1ccc(OCCOc2ccccc2)c(N)c1. The molecular formula is C15H14N2O2. The highest BCUT2D eigenvalue weighted by Crippen LogP contribution is 2.22. The largest absolute Gasteiger partial charge is 0.490 e. The summed E-state index contributed by atoms with van der Waals surface area (Å²) in [5.74, 6) is 1.37. The summed E-state index contributed by atoms with van der Waals surface area (Å²) in [6, 6.07) is 16.5. The van der Waals surface area contributed by atoms with Gasteiger partial charge in [0.25, 0.3) is 0 Å². The summed E-state index contributed by atoms with van der Waals surface area (Å²) in [5, 5.41) is 8.73. The fourth-order valence-corrected chi connectivity index (χ4v) is 1.58. The lowest BCUT2D eigenvalue weighted by molar-refractivity contribution is 0.218. The molecule has 0 spiro atoms. The number of benzene rings is 2. The van der Waals surface area contributed by atoms with Gasteiger partial charge in [-0.2, -0.15) is 5.26 Å². The maximum Gasteiger partial charge on any atom is 0.142 e. The van der Waals surface area contributed by atoms with Crippen molar-refractivity contribution in [3.05, 3.63) is 54.1 Å². The first-order valence-corrected chi connectivity index (χ1v) is 5.90. The van der Waals surface area contributed by atoms with E-state index >= 15 is 0 Å². The lowest BCUT2D eigenvalue weighted by Gasteiger charge is -2.10. The summed E-state index contributed by atoms with van der Waals surface area (Å²) >= 11 is 0. The summed E-state index contributed by atoms with van der Waals surface area (Å²) in [6.07, 6.45) is 0. The number of nitrogens with zero attached hydrogens (tertiary/aromatic N) is 1. The molecule has 0 aromatic heterocycles. The van der Waals surface area contributed by atoms with Crippen LogP contribution in [0.25, 0.3) is 0 Å². The Morgan fingerprint density at radius 1 is 1.00 bits per heavy atom. The van der Waals surface area contributed by atoms with Crippen LogP contribution in [0.3, 0.4) is 0 Å². The van der Waals surface area contributed by atoms with Gasteiger partial charge in [0.2, 0.25) is 0 Å². The molecule has 0 saturated heterocycles. The monoisotopic (exact) mass is 254 g/mol. The van der Waals surface area contributed by atoms with E-state index in [1.165, 1.54) is 0 Å². The van der Waals surface area contributed by atoms with Crippen LogP contribution in [0.1, 0.15) is 5.56 Å². The smallest absolute Gasteiger partial charge is 0.142 e. The molecule has 4 nitrogen and oxygen atoms in total. The first-order chi connectivity index (χ1) is 9.29.